The Labute approximate surface area is 154 Å². The van der Waals surface area contributed by atoms with E-state index in [-0.39, 0.29) is 23.5 Å². The van der Waals surface area contributed by atoms with Gasteiger partial charge in [-0.15, -0.1) is 12.4 Å². The second-order valence-electron chi connectivity index (χ2n) is 7.44. The van der Waals surface area contributed by atoms with Gasteiger partial charge in [-0.2, -0.15) is 5.26 Å². The predicted molar refractivity (Wildman–Crippen MR) is 97.8 cm³/mol. The average Bonchev–Trinajstić information content (AvgIpc) is 2.29. The first-order chi connectivity index (χ1) is 10.1. The predicted octanol–water partition coefficient (Wildman–Crippen LogP) is 5.39. The molecule has 0 atom stereocenters. The molecule has 1 aliphatic heterocycles. The van der Waals surface area contributed by atoms with Crippen LogP contribution in [0.1, 0.15) is 47.0 Å². The van der Waals surface area contributed by atoms with Crippen molar-refractivity contribution in [2.75, 3.05) is 0 Å². The van der Waals surface area contributed by atoms with E-state index in [1.165, 1.54) is 0 Å². The monoisotopic (exact) mass is 376 g/mol. The summed E-state index contributed by atoms with van der Waals surface area (Å²) >= 11 is 12.0. The van der Waals surface area contributed by atoms with E-state index < -0.39 is 5.60 Å². The summed E-state index contributed by atoms with van der Waals surface area (Å²) in [6.45, 7) is 8.55. The Hall–Kier alpha value is -0.660. The molecule has 0 spiro atoms. The average molecular weight is 378 g/mol. The van der Waals surface area contributed by atoms with Crippen LogP contribution in [0.4, 0.5) is 0 Å². The van der Waals surface area contributed by atoms with Crippen LogP contribution in [0.3, 0.4) is 0 Å². The van der Waals surface area contributed by atoms with Crippen LogP contribution in [-0.2, 0) is 0 Å². The van der Waals surface area contributed by atoms with Crippen molar-refractivity contribution in [1.82, 2.24) is 5.32 Å². The van der Waals surface area contributed by atoms with E-state index in [0.29, 0.717) is 22.2 Å². The highest BCUT2D eigenvalue weighted by molar-refractivity contribution is 6.42. The molecule has 0 aromatic heterocycles. The quantitative estimate of drug-likeness (QED) is 0.768. The molecule has 1 aromatic rings. The van der Waals surface area contributed by atoms with Crippen molar-refractivity contribution in [3.63, 3.8) is 0 Å². The zero-order valence-electron chi connectivity index (χ0n) is 13.9. The molecule has 6 heteroatoms. The van der Waals surface area contributed by atoms with Crippen molar-refractivity contribution in [2.24, 2.45) is 0 Å². The van der Waals surface area contributed by atoms with Crippen LogP contribution in [0.5, 0.6) is 5.75 Å². The van der Waals surface area contributed by atoms with E-state index in [2.05, 4.69) is 39.1 Å². The highest BCUT2D eigenvalue weighted by Gasteiger charge is 2.48. The first-order valence-electron chi connectivity index (χ1n) is 7.37. The van der Waals surface area contributed by atoms with Gasteiger partial charge in [0.25, 0.3) is 0 Å². The number of piperidine rings is 1. The molecule has 23 heavy (non-hydrogen) atoms. The molecule has 1 saturated heterocycles. The van der Waals surface area contributed by atoms with Gasteiger partial charge in [0.15, 0.2) is 0 Å². The van der Waals surface area contributed by atoms with Gasteiger partial charge in [0.05, 0.1) is 22.5 Å². The zero-order valence-corrected chi connectivity index (χ0v) is 16.2. The lowest BCUT2D eigenvalue weighted by Crippen LogP contribution is -2.65. The molecule has 0 aliphatic carbocycles. The van der Waals surface area contributed by atoms with Gasteiger partial charge in [-0.05, 0) is 39.8 Å². The minimum atomic E-state index is -0.538. The maximum atomic E-state index is 9.30. The fourth-order valence-electron chi connectivity index (χ4n) is 3.85. The van der Waals surface area contributed by atoms with Gasteiger partial charge < -0.3 is 10.1 Å². The van der Waals surface area contributed by atoms with E-state index in [9.17, 15) is 5.26 Å². The van der Waals surface area contributed by atoms with E-state index in [4.69, 9.17) is 27.9 Å². The lowest BCUT2D eigenvalue weighted by Gasteiger charge is -2.52. The topological polar surface area (TPSA) is 45.0 Å². The Morgan fingerprint density at radius 2 is 1.70 bits per heavy atom. The summed E-state index contributed by atoms with van der Waals surface area (Å²) in [6, 6.07) is 7.52. The Morgan fingerprint density at radius 1 is 1.13 bits per heavy atom. The number of nitrogens with zero attached hydrogens (tertiary/aromatic N) is 1. The van der Waals surface area contributed by atoms with Crippen LogP contribution < -0.4 is 10.1 Å². The van der Waals surface area contributed by atoms with Crippen molar-refractivity contribution in [2.45, 2.75) is 63.6 Å². The molecule has 3 nitrogen and oxygen atoms in total. The first kappa shape index (κ1) is 20.4. The molecule has 1 aromatic carbocycles. The molecule has 1 fully saturated rings. The third kappa shape index (κ3) is 5.16. The van der Waals surface area contributed by atoms with Gasteiger partial charge in [0.1, 0.15) is 11.4 Å². The molecule has 0 saturated carbocycles. The first-order valence-corrected chi connectivity index (χ1v) is 8.13. The largest absolute Gasteiger partial charge is 0.486 e. The third-order valence-electron chi connectivity index (χ3n) is 3.83. The van der Waals surface area contributed by atoms with Crippen molar-refractivity contribution in [3.8, 4) is 11.8 Å². The maximum absolute atomic E-state index is 9.30. The van der Waals surface area contributed by atoms with Gasteiger partial charge in [-0.1, -0.05) is 23.2 Å². The second-order valence-corrected chi connectivity index (χ2v) is 8.26. The van der Waals surface area contributed by atoms with E-state index in [1.807, 2.05) is 0 Å². The van der Waals surface area contributed by atoms with E-state index >= 15 is 0 Å². The zero-order chi connectivity index (χ0) is 16.6. The fraction of sp³-hybridized carbons (Fsp3) is 0.588. The molecule has 0 radical (unpaired) electrons. The Bertz CT molecular complexity index is 592. The number of nitrogens with one attached hydrogen (secondary N) is 1. The van der Waals surface area contributed by atoms with Crippen LogP contribution in [0.25, 0.3) is 0 Å². The highest BCUT2D eigenvalue weighted by Crippen LogP contribution is 2.41. The highest BCUT2D eigenvalue weighted by atomic mass is 35.5. The number of hydrogen-bond acceptors (Lipinski definition) is 3. The maximum Gasteiger partial charge on any atom is 0.125 e. The smallest absolute Gasteiger partial charge is 0.125 e. The minimum absolute atomic E-state index is 0. The summed E-state index contributed by atoms with van der Waals surface area (Å²) in [5.74, 6) is 0.651. The minimum Gasteiger partial charge on any atom is -0.486 e. The van der Waals surface area contributed by atoms with Crippen LogP contribution in [-0.4, -0.2) is 16.7 Å². The Kier molecular flexibility index (Phi) is 6.27. The molecular weight excluding hydrogens is 355 g/mol. The van der Waals surface area contributed by atoms with Crippen molar-refractivity contribution in [3.05, 3.63) is 28.2 Å². The van der Waals surface area contributed by atoms with Crippen molar-refractivity contribution < 1.29 is 4.74 Å². The summed E-state index contributed by atoms with van der Waals surface area (Å²) in [7, 11) is 0. The van der Waals surface area contributed by atoms with Crippen molar-refractivity contribution in [1.29, 1.82) is 5.26 Å². The van der Waals surface area contributed by atoms with Gasteiger partial charge >= 0.3 is 0 Å². The van der Waals surface area contributed by atoms with E-state index in [1.54, 1.807) is 18.2 Å². The number of rotatable bonds is 3. The molecule has 1 aliphatic rings. The van der Waals surface area contributed by atoms with Crippen molar-refractivity contribution >= 4 is 35.6 Å². The van der Waals surface area contributed by atoms with E-state index in [0.717, 1.165) is 12.8 Å². The Balaban J connectivity index is 0.00000264. The number of ether oxygens (including phenoxy) is 1. The third-order valence-corrected chi connectivity index (χ3v) is 4.57. The summed E-state index contributed by atoms with van der Waals surface area (Å²) in [5.41, 5.74) is -0.770. The van der Waals surface area contributed by atoms with Gasteiger partial charge in [-0.3, -0.25) is 0 Å². The molecule has 128 valence electrons. The standard InChI is InChI=1S/C17H22Cl2N2O.ClH/c1-15(2)10-17(7-8-20,11-16(3,4)21-15)22-12-5-6-13(18)14(19)9-12;/h5-6,9,21H,7,10-11H2,1-4H3;1H. The SMILES string of the molecule is CC1(C)CC(CC#N)(Oc2ccc(Cl)c(Cl)c2)CC(C)(C)N1.Cl. The van der Waals surface area contributed by atoms with Crippen LogP contribution in [0.2, 0.25) is 10.0 Å². The molecule has 0 unspecified atom stereocenters. The molecule has 0 amide bonds. The molecule has 0 bridgehead atoms. The summed E-state index contributed by atoms with van der Waals surface area (Å²) in [6.07, 6.45) is 1.83. The molecule has 2 rings (SSSR count). The molecule has 1 heterocycles. The second kappa shape index (κ2) is 7.07. The normalized spacial score (nSPS) is 20.9. The summed E-state index contributed by atoms with van der Waals surface area (Å²) in [5, 5.41) is 13.9. The lowest BCUT2D eigenvalue weighted by molar-refractivity contribution is -0.0324. The van der Waals surface area contributed by atoms with Gasteiger partial charge in [0, 0.05) is 30.0 Å². The summed E-state index contributed by atoms with van der Waals surface area (Å²) in [4.78, 5) is 0. The van der Waals surface area contributed by atoms with Crippen LogP contribution in [0.15, 0.2) is 18.2 Å². The number of hydrogen-bond donors (Lipinski definition) is 1. The number of nitriles is 1. The number of halogens is 3. The van der Waals surface area contributed by atoms with Crippen LogP contribution >= 0.6 is 35.6 Å². The lowest BCUT2D eigenvalue weighted by atomic mass is 9.71. The fourth-order valence-corrected chi connectivity index (χ4v) is 4.13. The molecule has 1 N–H and O–H groups in total. The van der Waals surface area contributed by atoms with Crippen LogP contribution in [0, 0.1) is 11.3 Å². The van der Waals surface area contributed by atoms with Gasteiger partial charge in [0.2, 0.25) is 0 Å². The Morgan fingerprint density at radius 3 is 2.17 bits per heavy atom. The summed E-state index contributed by atoms with van der Waals surface area (Å²) < 4.78 is 6.28. The number of benzene rings is 1. The molecular formula is C17H23Cl3N2O. The van der Waals surface area contributed by atoms with Gasteiger partial charge in [-0.25, -0.2) is 0 Å².